The lowest BCUT2D eigenvalue weighted by Crippen LogP contribution is -2.33. The van der Waals surface area contributed by atoms with Gasteiger partial charge in [-0.1, -0.05) is 53.3 Å². The highest BCUT2D eigenvalue weighted by Gasteiger charge is 2.25. The Morgan fingerprint density at radius 2 is 1.69 bits per heavy atom. The van der Waals surface area contributed by atoms with Gasteiger partial charge in [-0.3, -0.25) is 9.69 Å². The van der Waals surface area contributed by atoms with Crippen molar-refractivity contribution in [3.63, 3.8) is 0 Å². The number of carbonyl (C=O) groups excluding carboxylic acids is 1. The fraction of sp³-hybridized carbons (Fsp3) is 0.238. The average Bonchev–Trinajstić information content (AvgIpc) is 3.26. The molecular weight excluding hydrogens is 445 g/mol. The Balaban J connectivity index is 0.00000240. The molecule has 1 amide bonds. The number of carbonyl (C=O) groups is 1. The van der Waals surface area contributed by atoms with Gasteiger partial charge in [-0.2, -0.15) is 0 Å². The number of halogens is 2. The Morgan fingerprint density at radius 3 is 2.38 bits per heavy atom. The van der Waals surface area contributed by atoms with Crippen molar-refractivity contribution in [3.05, 3.63) is 58.4 Å². The predicted molar refractivity (Wildman–Crippen MR) is 129 cm³/mol. The summed E-state index contributed by atoms with van der Waals surface area (Å²) >= 11 is 9.57. The molecule has 0 bridgehead atoms. The van der Waals surface area contributed by atoms with Gasteiger partial charge in [-0.25, -0.2) is 4.98 Å². The van der Waals surface area contributed by atoms with Crippen molar-refractivity contribution in [3.8, 4) is 0 Å². The summed E-state index contributed by atoms with van der Waals surface area (Å²) in [5, 5.41) is 2.18. The molecule has 0 aliphatic carbocycles. The average molecular weight is 466 g/mol. The Kier molecular flexibility index (Phi) is 7.14. The third kappa shape index (κ3) is 4.57. The van der Waals surface area contributed by atoms with Gasteiger partial charge in [0.05, 0.1) is 15.2 Å². The number of nitrogens with zero attached hydrogens (tertiary/aromatic N) is 3. The minimum Gasteiger partial charge on any atom is -0.309 e. The van der Waals surface area contributed by atoms with E-state index in [-0.39, 0.29) is 18.3 Å². The molecule has 29 heavy (non-hydrogen) atoms. The topological polar surface area (TPSA) is 36.4 Å². The van der Waals surface area contributed by atoms with E-state index in [0.717, 1.165) is 38.4 Å². The molecule has 0 unspecified atom stereocenters. The van der Waals surface area contributed by atoms with Crippen LogP contribution in [-0.4, -0.2) is 43.0 Å². The molecule has 2 aromatic carbocycles. The van der Waals surface area contributed by atoms with Crippen LogP contribution in [-0.2, 0) is 0 Å². The SMILES string of the molecule is CN(C)CCCN(C(=O)c1sc2ccccc2c1Cl)c1nc2ccccc2s1.Cl. The second kappa shape index (κ2) is 9.41. The van der Waals surface area contributed by atoms with Gasteiger partial charge in [0.15, 0.2) is 5.13 Å². The van der Waals surface area contributed by atoms with Gasteiger partial charge < -0.3 is 4.90 Å². The summed E-state index contributed by atoms with van der Waals surface area (Å²) < 4.78 is 2.10. The number of rotatable bonds is 6. The van der Waals surface area contributed by atoms with Crippen LogP contribution in [0.5, 0.6) is 0 Å². The largest absolute Gasteiger partial charge is 0.309 e. The molecule has 2 aromatic heterocycles. The zero-order chi connectivity index (χ0) is 19.7. The van der Waals surface area contributed by atoms with Gasteiger partial charge in [-0.15, -0.1) is 23.7 Å². The van der Waals surface area contributed by atoms with E-state index >= 15 is 0 Å². The van der Waals surface area contributed by atoms with Gasteiger partial charge in [-0.05, 0) is 45.3 Å². The van der Waals surface area contributed by atoms with Gasteiger partial charge in [0, 0.05) is 16.6 Å². The first-order chi connectivity index (χ1) is 13.5. The minimum absolute atomic E-state index is 0. The highest BCUT2D eigenvalue weighted by molar-refractivity contribution is 7.23. The minimum atomic E-state index is -0.0796. The van der Waals surface area contributed by atoms with Crippen molar-refractivity contribution in [2.75, 3.05) is 32.1 Å². The monoisotopic (exact) mass is 465 g/mol. The lowest BCUT2D eigenvalue weighted by Gasteiger charge is -2.20. The van der Waals surface area contributed by atoms with Crippen molar-refractivity contribution >= 4 is 78.0 Å². The first kappa shape index (κ1) is 22.0. The van der Waals surface area contributed by atoms with E-state index in [2.05, 4.69) is 4.90 Å². The zero-order valence-electron chi connectivity index (χ0n) is 16.1. The van der Waals surface area contributed by atoms with Gasteiger partial charge >= 0.3 is 0 Å². The molecule has 4 aromatic rings. The molecule has 0 radical (unpaired) electrons. The molecule has 0 saturated carbocycles. The predicted octanol–water partition coefficient (Wildman–Crippen LogP) is 6.18. The number of thiophene rings is 1. The van der Waals surface area contributed by atoms with Crippen LogP contribution < -0.4 is 4.90 Å². The van der Waals surface area contributed by atoms with Crippen molar-refractivity contribution in [1.29, 1.82) is 0 Å². The number of hydrogen-bond donors (Lipinski definition) is 0. The molecular formula is C21H21Cl2N3OS2. The molecule has 0 fully saturated rings. The van der Waals surface area contributed by atoms with Crippen LogP contribution in [0.4, 0.5) is 5.13 Å². The number of fused-ring (bicyclic) bond motifs is 2. The van der Waals surface area contributed by atoms with E-state index in [1.54, 1.807) is 16.2 Å². The molecule has 0 aliphatic heterocycles. The zero-order valence-corrected chi connectivity index (χ0v) is 19.3. The van der Waals surface area contributed by atoms with Gasteiger partial charge in [0.25, 0.3) is 5.91 Å². The lowest BCUT2D eigenvalue weighted by molar-refractivity contribution is 0.0990. The molecule has 8 heteroatoms. The van der Waals surface area contributed by atoms with Crippen molar-refractivity contribution in [2.45, 2.75) is 6.42 Å². The van der Waals surface area contributed by atoms with Crippen LogP contribution >= 0.6 is 46.7 Å². The Bertz CT molecular complexity index is 1110. The number of benzene rings is 2. The number of para-hydroxylation sites is 1. The molecule has 4 rings (SSSR count). The van der Waals surface area contributed by atoms with Crippen molar-refractivity contribution in [1.82, 2.24) is 9.88 Å². The number of aromatic nitrogens is 1. The van der Waals surface area contributed by atoms with Crippen molar-refractivity contribution < 1.29 is 4.79 Å². The highest BCUT2D eigenvalue weighted by Crippen LogP contribution is 2.37. The summed E-state index contributed by atoms with van der Waals surface area (Å²) in [6.45, 7) is 1.50. The summed E-state index contributed by atoms with van der Waals surface area (Å²) in [5.41, 5.74) is 0.912. The maximum Gasteiger partial charge on any atom is 0.271 e. The molecule has 0 atom stereocenters. The molecule has 2 heterocycles. The van der Waals surface area contributed by atoms with Crippen LogP contribution in [0.15, 0.2) is 48.5 Å². The summed E-state index contributed by atoms with van der Waals surface area (Å²) in [6.07, 6.45) is 0.858. The normalized spacial score (nSPS) is 11.2. The Morgan fingerprint density at radius 1 is 1.00 bits per heavy atom. The second-order valence-corrected chi connectivity index (χ2v) is 9.26. The molecule has 152 valence electrons. The molecule has 0 N–H and O–H groups in total. The molecule has 0 saturated heterocycles. The summed E-state index contributed by atoms with van der Waals surface area (Å²) in [7, 11) is 4.07. The van der Waals surface area contributed by atoms with E-state index in [0.29, 0.717) is 16.4 Å². The quantitative estimate of drug-likeness (QED) is 0.340. The lowest BCUT2D eigenvalue weighted by atomic mass is 10.2. The maximum absolute atomic E-state index is 13.5. The molecule has 0 spiro atoms. The number of anilines is 1. The number of amides is 1. The Hall–Kier alpha value is -1.70. The van der Waals surface area contributed by atoms with E-state index in [1.807, 2.05) is 62.6 Å². The maximum atomic E-state index is 13.5. The molecule has 0 aliphatic rings. The first-order valence-electron chi connectivity index (χ1n) is 9.04. The van der Waals surface area contributed by atoms with E-state index in [9.17, 15) is 4.79 Å². The number of hydrogen-bond acceptors (Lipinski definition) is 5. The molecule has 4 nitrogen and oxygen atoms in total. The highest BCUT2D eigenvalue weighted by atomic mass is 35.5. The van der Waals surface area contributed by atoms with Crippen LogP contribution in [0.25, 0.3) is 20.3 Å². The summed E-state index contributed by atoms with van der Waals surface area (Å²) in [5.74, 6) is -0.0796. The summed E-state index contributed by atoms with van der Waals surface area (Å²) in [6, 6.07) is 15.8. The fourth-order valence-electron chi connectivity index (χ4n) is 3.08. The van der Waals surface area contributed by atoms with Crippen LogP contribution in [0.1, 0.15) is 16.1 Å². The first-order valence-corrected chi connectivity index (χ1v) is 11.0. The van der Waals surface area contributed by atoms with Gasteiger partial charge in [0.1, 0.15) is 4.88 Å². The number of thiazole rings is 1. The fourth-order valence-corrected chi connectivity index (χ4v) is 5.53. The van der Waals surface area contributed by atoms with Crippen LogP contribution in [0.3, 0.4) is 0 Å². The second-order valence-electron chi connectivity index (χ2n) is 6.82. The van der Waals surface area contributed by atoms with E-state index in [4.69, 9.17) is 16.6 Å². The smallest absolute Gasteiger partial charge is 0.271 e. The van der Waals surface area contributed by atoms with Crippen LogP contribution in [0, 0.1) is 0 Å². The van der Waals surface area contributed by atoms with E-state index in [1.165, 1.54) is 11.3 Å². The van der Waals surface area contributed by atoms with E-state index < -0.39 is 0 Å². The van der Waals surface area contributed by atoms with Gasteiger partial charge in [0.2, 0.25) is 0 Å². The summed E-state index contributed by atoms with van der Waals surface area (Å²) in [4.78, 5) is 22.7. The third-order valence-electron chi connectivity index (χ3n) is 4.47. The van der Waals surface area contributed by atoms with Crippen LogP contribution in [0.2, 0.25) is 5.02 Å². The van der Waals surface area contributed by atoms with Crippen molar-refractivity contribution in [2.24, 2.45) is 0 Å². The third-order valence-corrected chi connectivity index (χ3v) is 7.20. The standard InChI is InChI=1S/C21H20ClN3OS2.ClH/c1-24(2)12-7-13-25(21-23-15-9-4-6-11-17(15)28-21)20(26)19-18(22)14-8-3-5-10-16(14)27-19;/h3-6,8-11H,7,12-13H2,1-2H3;1H. The Labute approximate surface area is 189 Å².